The lowest BCUT2D eigenvalue weighted by molar-refractivity contribution is 0.498. The second kappa shape index (κ2) is 6.63. The monoisotopic (exact) mass is 334 g/mol. The van der Waals surface area contributed by atoms with Crippen LogP contribution in [0.15, 0.2) is 43.0 Å². The van der Waals surface area contributed by atoms with E-state index in [4.69, 9.17) is 4.98 Å². The Kier molecular flexibility index (Phi) is 4.17. The highest BCUT2D eigenvalue weighted by Crippen LogP contribution is 2.28. The molecule has 1 aliphatic heterocycles. The van der Waals surface area contributed by atoms with E-state index in [1.807, 2.05) is 36.9 Å². The molecule has 0 bridgehead atoms. The SMILES string of the molecule is Cc1cc(N2CCCC(c3cccc(-n4ccnc4C)n3)C2)ncn1. The van der Waals surface area contributed by atoms with Crippen LogP contribution in [0.25, 0.3) is 5.82 Å². The van der Waals surface area contributed by atoms with Gasteiger partial charge in [0.2, 0.25) is 0 Å². The summed E-state index contributed by atoms with van der Waals surface area (Å²) in [6.07, 6.45) is 7.71. The summed E-state index contributed by atoms with van der Waals surface area (Å²) in [6, 6.07) is 8.31. The van der Waals surface area contributed by atoms with E-state index in [0.29, 0.717) is 5.92 Å². The van der Waals surface area contributed by atoms with Crippen LogP contribution in [0.1, 0.15) is 36.0 Å². The zero-order valence-corrected chi connectivity index (χ0v) is 14.6. The van der Waals surface area contributed by atoms with Crippen molar-refractivity contribution >= 4 is 5.82 Å². The lowest BCUT2D eigenvalue weighted by Gasteiger charge is -2.33. The number of pyridine rings is 1. The van der Waals surface area contributed by atoms with E-state index in [1.54, 1.807) is 6.33 Å². The fourth-order valence-electron chi connectivity index (χ4n) is 3.46. The molecule has 0 spiro atoms. The Balaban J connectivity index is 1.58. The third-order valence-electron chi connectivity index (χ3n) is 4.78. The fourth-order valence-corrected chi connectivity index (χ4v) is 3.46. The average Bonchev–Trinajstić information content (AvgIpc) is 3.08. The maximum Gasteiger partial charge on any atom is 0.138 e. The predicted octanol–water partition coefficient (Wildman–Crippen LogP) is 3.06. The Hall–Kier alpha value is -2.76. The number of imidazole rings is 1. The highest BCUT2D eigenvalue weighted by atomic mass is 15.2. The van der Waals surface area contributed by atoms with E-state index < -0.39 is 0 Å². The first kappa shape index (κ1) is 15.7. The summed E-state index contributed by atoms with van der Waals surface area (Å²) in [4.78, 5) is 20.2. The topological polar surface area (TPSA) is 59.7 Å². The fraction of sp³-hybridized carbons (Fsp3) is 0.368. The lowest BCUT2D eigenvalue weighted by Crippen LogP contribution is -2.35. The first-order valence-electron chi connectivity index (χ1n) is 8.71. The van der Waals surface area contributed by atoms with Gasteiger partial charge in [-0.3, -0.25) is 4.57 Å². The summed E-state index contributed by atoms with van der Waals surface area (Å²) in [5.74, 6) is 3.31. The molecule has 4 heterocycles. The van der Waals surface area contributed by atoms with Crippen LogP contribution in [0.2, 0.25) is 0 Å². The summed E-state index contributed by atoms with van der Waals surface area (Å²) >= 11 is 0. The van der Waals surface area contributed by atoms with E-state index in [-0.39, 0.29) is 0 Å². The maximum atomic E-state index is 4.91. The van der Waals surface area contributed by atoms with Crippen molar-refractivity contribution < 1.29 is 0 Å². The zero-order valence-electron chi connectivity index (χ0n) is 14.6. The van der Waals surface area contributed by atoms with E-state index in [1.165, 1.54) is 0 Å². The van der Waals surface area contributed by atoms with Crippen molar-refractivity contribution in [2.45, 2.75) is 32.6 Å². The minimum absolute atomic E-state index is 0.410. The van der Waals surface area contributed by atoms with Gasteiger partial charge in [0, 0.05) is 48.9 Å². The third-order valence-corrected chi connectivity index (χ3v) is 4.78. The quantitative estimate of drug-likeness (QED) is 0.737. The summed E-state index contributed by atoms with van der Waals surface area (Å²) < 4.78 is 2.03. The van der Waals surface area contributed by atoms with Crippen molar-refractivity contribution in [3.05, 3.63) is 60.2 Å². The van der Waals surface area contributed by atoms with Crippen LogP contribution >= 0.6 is 0 Å². The van der Waals surface area contributed by atoms with Crippen LogP contribution < -0.4 is 4.90 Å². The van der Waals surface area contributed by atoms with Gasteiger partial charge in [0.1, 0.15) is 23.8 Å². The van der Waals surface area contributed by atoms with Crippen molar-refractivity contribution in [2.75, 3.05) is 18.0 Å². The molecule has 1 saturated heterocycles. The standard InChI is InChI=1S/C19H22N6/c1-14-11-19(22-13-21-14)24-9-4-5-16(12-24)17-6-3-7-18(23-17)25-10-8-20-15(25)2/h3,6-8,10-11,13,16H,4-5,9,12H2,1-2H3. The van der Waals surface area contributed by atoms with E-state index in [2.05, 4.69) is 38.1 Å². The Morgan fingerprint density at radius 2 is 2.00 bits per heavy atom. The molecule has 0 saturated carbocycles. The van der Waals surface area contributed by atoms with E-state index >= 15 is 0 Å². The molecule has 0 aromatic carbocycles. The largest absolute Gasteiger partial charge is 0.356 e. The van der Waals surface area contributed by atoms with Gasteiger partial charge in [-0.25, -0.2) is 19.9 Å². The molecule has 25 heavy (non-hydrogen) atoms. The van der Waals surface area contributed by atoms with Crippen LogP contribution in [-0.4, -0.2) is 37.6 Å². The summed E-state index contributed by atoms with van der Waals surface area (Å²) in [5, 5.41) is 0. The van der Waals surface area contributed by atoms with Crippen molar-refractivity contribution in [3.63, 3.8) is 0 Å². The highest BCUT2D eigenvalue weighted by Gasteiger charge is 2.23. The molecule has 0 radical (unpaired) electrons. The molecule has 3 aromatic rings. The van der Waals surface area contributed by atoms with Gasteiger partial charge in [-0.15, -0.1) is 0 Å². The van der Waals surface area contributed by atoms with Gasteiger partial charge >= 0.3 is 0 Å². The Labute approximate surface area is 147 Å². The van der Waals surface area contributed by atoms with Gasteiger partial charge in [0.05, 0.1) is 0 Å². The molecule has 1 fully saturated rings. The summed E-state index contributed by atoms with van der Waals surface area (Å²) in [6.45, 7) is 5.97. The molecule has 4 rings (SSSR count). The molecule has 0 N–H and O–H groups in total. The number of anilines is 1. The van der Waals surface area contributed by atoms with Gasteiger partial charge in [-0.05, 0) is 38.8 Å². The van der Waals surface area contributed by atoms with Crippen molar-refractivity contribution in [2.24, 2.45) is 0 Å². The number of aromatic nitrogens is 5. The van der Waals surface area contributed by atoms with Crippen LogP contribution in [-0.2, 0) is 0 Å². The van der Waals surface area contributed by atoms with Crippen molar-refractivity contribution in [1.82, 2.24) is 24.5 Å². The molecular weight excluding hydrogens is 312 g/mol. The minimum atomic E-state index is 0.410. The zero-order chi connectivity index (χ0) is 17.2. The average molecular weight is 334 g/mol. The molecule has 3 aromatic heterocycles. The Morgan fingerprint density at radius 1 is 1.08 bits per heavy atom. The molecule has 128 valence electrons. The first-order valence-corrected chi connectivity index (χ1v) is 8.71. The van der Waals surface area contributed by atoms with Crippen molar-refractivity contribution in [3.8, 4) is 5.82 Å². The number of nitrogens with zero attached hydrogens (tertiary/aromatic N) is 6. The van der Waals surface area contributed by atoms with Crippen LogP contribution in [0.5, 0.6) is 0 Å². The number of hydrogen-bond donors (Lipinski definition) is 0. The first-order chi connectivity index (χ1) is 12.2. The Morgan fingerprint density at radius 3 is 2.80 bits per heavy atom. The second-order valence-electron chi connectivity index (χ2n) is 6.57. The minimum Gasteiger partial charge on any atom is -0.356 e. The Bertz CT molecular complexity index is 872. The lowest BCUT2D eigenvalue weighted by atomic mass is 9.94. The number of rotatable bonds is 3. The molecule has 1 aliphatic rings. The molecular formula is C19H22N6. The van der Waals surface area contributed by atoms with Gasteiger partial charge < -0.3 is 4.90 Å². The number of piperidine rings is 1. The van der Waals surface area contributed by atoms with E-state index in [9.17, 15) is 0 Å². The normalized spacial score (nSPS) is 17.7. The highest BCUT2D eigenvalue weighted by molar-refractivity contribution is 5.40. The molecule has 1 atom stereocenters. The molecule has 1 unspecified atom stereocenters. The van der Waals surface area contributed by atoms with Crippen LogP contribution in [0, 0.1) is 13.8 Å². The summed E-state index contributed by atoms with van der Waals surface area (Å²) in [7, 11) is 0. The molecule has 0 amide bonds. The van der Waals surface area contributed by atoms with Crippen molar-refractivity contribution in [1.29, 1.82) is 0 Å². The predicted molar refractivity (Wildman–Crippen MR) is 97.1 cm³/mol. The molecule has 0 aliphatic carbocycles. The maximum absolute atomic E-state index is 4.91. The summed E-state index contributed by atoms with van der Waals surface area (Å²) in [5.41, 5.74) is 2.14. The van der Waals surface area contributed by atoms with Gasteiger partial charge in [0.25, 0.3) is 0 Å². The number of aryl methyl sites for hydroxylation is 2. The molecule has 6 heteroatoms. The van der Waals surface area contributed by atoms with E-state index in [0.717, 1.165) is 54.8 Å². The van der Waals surface area contributed by atoms with Crippen LogP contribution in [0.3, 0.4) is 0 Å². The van der Waals surface area contributed by atoms with Crippen LogP contribution in [0.4, 0.5) is 5.82 Å². The molecule has 6 nitrogen and oxygen atoms in total. The number of hydrogen-bond acceptors (Lipinski definition) is 5. The third kappa shape index (κ3) is 3.24. The van der Waals surface area contributed by atoms with Gasteiger partial charge in [-0.1, -0.05) is 6.07 Å². The smallest absolute Gasteiger partial charge is 0.138 e. The van der Waals surface area contributed by atoms with Gasteiger partial charge in [-0.2, -0.15) is 0 Å². The van der Waals surface area contributed by atoms with Gasteiger partial charge in [0.15, 0.2) is 0 Å². The second-order valence-corrected chi connectivity index (χ2v) is 6.57.